The van der Waals surface area contributed by atoms with Gasteiger partial charge in [0.1, 0.15) is 11.0 Å². The van der Waals surface area contributed by atoms with Gasteiger partial charge in [0.25, 0.3) is 0 Å². The number of nitrogen functional groups attached to an aromatic ring is 1. The number of anilines is 2. The Labute approximate surface area is 98.2 Å². The van der Waals surface area contributed by atoms with E-state index in [2.05, 4.69) is 17.0 Å². The summed E-state index contributed by atoms with van der Waals surface area (Å²) in [5.41, 5.74) is 7.30. The van der Waals surface area contributed by atoms with Gasteiger partial charge in [-0.15, -0.1) is 0 Å². The third kappa shape index (κ3) is 2.36. The van der Waals surface area contributed by atoms with Crippen molar-refractivity contribution in [1.29, 1.82) is 0 Å². The monoisotopic (exact) mass is 239 g/mol. The van der Waals surface area contributed by atoms with E-state index in [1.807, 2.05) is 6.07 Å². The van der Waals surface area contributed by atoms with Crippen LogP contribution < -0.4 is 15.8 Å². The van der Waals surface area contributed by atoms with E-state index in [1.54, 1.807) is 19.2 Å². The molecule has 1 fully saturated rings. The maximum absolute atomic E-state index is 12.0. The van der Waals surface area contributed by atoms with Gasteiger partial charge in [0.05, 0.1) is 16.3 Å². The van der Waals surface area contributed by atoms with Crippen LogP contribution >= 0.6 is 0 Å². The van der Waals surface area contributed by atoms with Crippen LogP contribution in [0, 0.1) is 0 Å². The third-order valence-corrected chi connectivity index (χ3v) is 4.21. The summed E-state index contributed by atoms with van der Waals surface area (Å²) in [5.74, 6) is 0. The minimum Gasteiger partial charge on any atom is -0.397 e. The van der Waals surface area contributed by atoms with Crippen molar-refractivity contribution in [2.75, 3.05) is 18.1 Å². The predicted octanol–water partition coefficient (Wildman–Crippen LogP) is 1.48. The van der Waals surface area contributed by atoms with Gasteiger partial charge in [0, 0.05) is 12.6 Å². The minimum absolute atomic E-state index is 0.0616. The van der Waals surface area contributed by atoms with E-state index in [1.165, 1.54) is 0 Å². The molecule has 0 bridgehead atoms. The SMILES string of the molecule is CNc1cc(S(=O)NC2(C)CC2)ccc1N. The Bertz CT molecular complexity index is 429. The second kappa shape index (κ2) is 4.07. The lowest BCUT2D eigenvalue weighted by Crippen LogP contribution is -2.29. The van der Waals surface area contributed by atoms with Crippen LogP contribution in [0.3, 0.4) is 0 Å². The molecule has 1 aliphatic carbocycles. The molecule has 88 valence electrons. The van der Waals surface area contributed by atoms with Gasteiger partial charge in [-0.3, -0.25) is 0 Å². The molecule has 1 aromatic rings. The molecule has 1 aromatic carbocycles. The van der Waals surface area contributed by atoms with E-state index in [-0.39, 0.29) is 5.54 Å². The summed E-state index contributed by atoms with van der Waals surface area (Å²) in [4.78, 5) is 0.756. The second-order valence-electron chi connectivity index (χ2n) is 4.43. The molecule has 4 N–H and O–H groups in total. The number of nitrogens with one attached hydrogen (secondary N) is 2. The van der Waals surface area contributed by atoms with Gasteiger partial charge >= 0.3 is 0 Å². The predicted molar refractivity (Wildman–Crippen MR) is 67.6 cm³/mol. The van der Waals surface area contributed by atoms with Crippen LogP contribution in [0.2, 0.25) is 0 Å². The Morgan fingerprint density at radius 1 is 1.44 bits per heavy atom. The largest absolute Gasteiger partial charge is 0.397 e. The van der Waals surface area contributed by atoms with E-state index in [9.17, 15) is 4.21 Å². The summed E-state index contributed by atoms with van der Waals surface area (Å²) in [5, 5.41) is 2.98. The Hall–Kier alpha value is -1.07. The molecule has 1 atom stereocenters. The van der Waals surface area contributed by atoms with E-state index in [0.29, 0.717) is 5.69 Å². The molecule has 1 unspecified atom stereocenters. The van der Waals surface area contributed by atoms with Crippen molar-refractivity contribution in [3.63, 3.8) is 0 Å². The fraction of sp³-hybridized carbons (Fsp3) is 0.455. The fourth-order valence-electron chi connectivity index (χ4n) is 1.44. The zero-order valence-corrected chi connectivity index (χ0v) is 10.4. The highest BCUT2D eigenvalue weighted by Crippen LogP contribution is 2.35. The standard InChI is InChI=1S/C11H17N3OS/c1-11(5-6-11)14-16(15)8-3-4-9(12)10(7-8)13-2/h3-4,7,13-14H,5-6,12H2,1-2H3. The fourth-order valence-corrected chi connectivity index (χ4v) is 2.63. The molecule has 0 spiro atoms. The highest BCUT2D eigenvalue weighted by molar-refractivity contribution is 7.83. The lowest BCUT2D eigenvalue weighted by molar-refractivity contribution is 0.635. The molecule has 0 aliphatic heterocycles. The van der Waals surface area contributed by atoms with Crippen molar-refractivity contribution in [2.45, 2.75) is 30.2 Å². The van der Waals surface area contributed by atoms with Gasteiger partial charge in [-0.25, -0.2) is 8.93 Å². The molecule has 4 nitrogen and oxygen atoms in total. The van der Waals surface area contributed by atoms with Crippen LogP contribution in [0.4, 0.5) is 11.4 Å². The normalized spacial score (nSPS) is 19.1. The number of hydrogen-bond acceptors (Lipinski definition) is 3. The van der Waals surface area contributed by atoms with Crippen LogP contribution in [0.25, 0.3) is 0 Å². The van der Waals surface area contributed by atoms with Crippen molar-refractivity contribution in [3.8, 4) is 0 Å². The third-order valence-electron chi connectivity index (χ3n) is 2.85. The summed E-state index contributed by atoms with van der Waals surface area (Å²) in [7, 11) is 0.644. The molecule has 1 saturated carbocycles. The topological polar surface area (TPSA) is 67.2 Å². The zero-order chi connectivity index (χ0) is 11.8. The van der Waals surface area contributed by atoms with Crippen molar-refractivity contribution in [3.05, 3.63) is 18.2 Å². The summed E-state index contributed by atoms with van der Waals surface area (Å²) in [6.45, 7) is 2.08. The van der Waals surface area contributed by atoms with Gasteiger partial charge in [0.15, 0.2) is 0 Å². The Morgan fingerprint density at radius 3 is 2.69 bits per heavy atom. The van der Waals surface area contributed by atoms with E-state index in [0.717, 1.165) is 23.4 Å². The maximum Gasteiger partial charge on any atom is 0.125 e. The molecular weight excluding hydrogens is 222 g/mol. The van der Waals surface area contributed by atoms with E-state index in [4.69, 9.17) is 5.73 Å². The minimum atomic E-state index is -1.16. The number of benzene rings is 1. The van der Waals surface area contributed by atoms with Crippen molar-refractivity contribution in [2.24, 2.45) is 0 Å². The van der Waals surface area contributed by atoms with E-state index >= 15 is 0 Å². The van der Waals surface area contributed by atoms with Gasteiger partial charge in [-0.05, 0) is 38.0 Å². The molecule has 0 amide bonds. The quantitative estimate of drug-likeness (QED) is 0.697. The van der Waals surface area contributed by atoms with Gasteiger partial charge in [-0.1, -0.05) is 0 Å². The highest BCUT2D eigenvalue weighted by atomic mass is 32.2. The number of nitrogens with two attached hydrogens (primary N) is 1. The summed E-state index contributed by atoms with van der Waals surface area (Å²) in [6, 6.07) is 5.39. The second-order valence-corrected chi connectivity index (χ2v) is 5.64. The first kappa shape index (κ1) is 11.4. The van der Waals surface area contributed by atoms with Crippen molar-refractivity contribution in [1.82, 2.24) is 4.72 Å². The lowest BCUT2D eigenvalue weighted by Gasteiger charge is -2.12. The molecule has 5 heteroatoms. The van der Waals surface area contributed by atoms with Crippen LogP contribution in [-0.2, 0) is 11.0 Å². The first-order valence-corrected chi connectivity index (χ1v) is 6.46. The molecule has 1 aliphatic rings. The average Bonchev–Trinajstić information content (AvgIpc) is 2.96. The Morgan fingerprint density at radius 2 is 2.12 bits per heavy atom. The van der Waals surface area contributed by atoms with Crippen LogP contribution in [-0.4, -0.2) is 16.8 Å². The first-order chi connectivity index (χ1) is 7.54. The summed E-state index contributed by atoms with van der Waals surface area (Å²) < 4.78 is 15.1. The van der Waals surface area contributed by atoms with E-state index < -0.39 is 11.0 Å². The van der Waals surface area contributed by atoms with Crippen LogP contribution in [0.15, 0.2) is 23.1 Å². The molecule has 0 aromatic heterocycles. The Kier molecular flexibility index (Phi) is 2.90. The number of hydrogen-bond donors (Lipinski definition) is 3. The van der Waals surface area contributed by atoms with Gasteiger partial charge in [0.2, 0.25) is 0 Å². The molecule has 0 radical (unpaired) electrons. The lowest BCUT2D eigenvalue weighted by atomic mass is 10.3. The highest BCUT2D eigenvalue weighted by Gasteiger charge is 2.38. The smallest absolute Gasteiger partial charge is 0.125 e. The average molecular weight is 239 g/mol. The summed E-state index contributed by atoms with van der Waals surface area (Å²) >= 11 is 0. The zero-order valence-electron chi connectivity index (χ0n) is 9.54. The molecule has 0 heterocycles. The maximum atomic E-state index is 12.0. The number of rotatable bonds is 4. The molecule has 16 heavy (non-hydrogen) atoms. The molecule has 2 rings (SSSR count). The van der Waals surface area contributed by atoms with Crippen molar-refractivity contribution >= 4 is 22.4 Å². The molecular formula is C11H17N3OS. The van der Waals surface area contributed by atoms with Crippen LogP contribution in [0.1, 0.15) is 19.8 Å². The summed E-state index contributed by atoms with van der Waals surface area (Å²) in [6.07, 6.45) is 2.18. The van der Waals surface area contributed by atoms with Gasteiger partial charge in [-0.2, -0.15) is 0 Å². The molecule has 0 saturated heterocycles. The first-order valence-electron chi connectivity index (χ1n) is 5.31. The van der Waals surface area contributed by atoms with Gasteiger partial charge < -0.3 is 11.1 Å². The Balaban J connectivity index is 2.16. The van der Waals surface area contributed by atoms with Crippen molar-refractivity contribution < 1.29 is 4.21 Å². The van der Waals surface area contributed by atoms with Crippen LogP contribution in [0.5, 0.6) is 0 Å².